The fourth-order valence-electron chi connectivity index (χ4n) is 2.00. The van der Waals surface area contributed by atoms with Crippen LogP contribution in [0.15, 0.2) is 0 Å². The summed E-state index contributed by atoms with van der Waals surface area (Å²) in [5.74, 6) is 0.992. The molecular weight excluding hydrogens is 224 g/mol. The molecule has 1 aliphatic rings. The summed E-state index contributed by atoms with van der Waals surface area (Å²) in [4.78, 5) is 11.7. The van der Waals surface area contributed by atoms with E-state index in [0.717, 1.165) is 25.3 Å². The van der Waals surface area contributed by atoms with Crippen LogP contribution in [0.2, 0.25) is 0 Å². The lowest BCUT2D eigenvalue weighted by molar-refractivity contribution is -0.122. The normalized spacial score (nSPS) is 16.9. The predicted octanol–water partition coefficient (Wildman–Crippen LogP) is 2.85. The lowest BCUT2D eigenvalue weighted by Gasteiger charge is -2.13. The number of nitrogens with one attached hydrogen (secondary N) is 2. The summed E-state index contributed by atoms with van der Waals surface area (Å²) in [5.41, 5.74) is 0. The average molecular weight is 254 g/mol. The Kier molecular flexibility index (Phi) is 7.33. The number of hydrogen-bond acceptors (Lipinski definition) is 2. The molecule has 1 rings (SSSR count). The average Bonchev–Trinajstić information content (AvgIpc) is 3.10. The minimum Gasteiger partial charge on any atom is -0.352 e. The highest BCUT2D eigenvalue weighted by molar-refractivity contribution is 5.81. The van der Waals surface area contributed by atoms with Crippen molar-refractivity contribution < 1.29 is 4.79 Å². The molecule has 0 aromatic rings. The van der Waals surface area contributed by atoms with E-state index in [9.17, 15) is 4.79 Å². The summed E-state index contributed by atoms with van der Waals surface area (Å²) in [6.07, 6.45) is 8.78. The number of unbranched alkanes of at least 4 members (excludes halogenated alkanes) is 3. The highest BCUT2D eigenvalue weighted by atomic mass is 16.2. The maximum Gasteiger partial charge on any atom is 0.237 e. The zero-order valence-corrected chi connectivity index (χ0v) is 12.3. The summed E-state index contributed by atoms with van der Waals surface area (Å²) >= 11 is 0. The fraction of sp³-hybridized carbons (Fsp3) is 0.933. The SMILES string of the molecule is CC(C)CCCCCCNC(C)C(=O)NC1CC1. The zero-order valence-electron chi connectivity index (χ0n) is 12.3. The Morgan fingerprint density at radius 1 is 1.11 bits per heavy atom. The molecule has 1 fully saturated rings. The molecule has 2 N–H and O–H groups in total. The van der Waals surface area contributed by atoms with Gasteiger partial charge in [0.2, 0.25) is 5.91 Å². The van der Waals surface area contributed by atoms with E-state index in [-0.39, 0.29) is 11.9 Å². The van der Waals surface area contributed by atoms with Gasteiger partial charge in [0.05, 0.1) is 6.04 Å². The van der Waals surface area contributed by atoms with Crippen LogP contribution in [0.5, 0.6) is 0 Å². The van der Waals surface area contributed by atoms with Crippen molar-refractivity contribution >= 4 is 5.91 Å². The Hall–Kier alpha value is -0.570. The number of carbonyl (C=O) groups excluding carboxylic acids is 1. The highest BCUT2D eigenvalue weighted by Crippen LogP contribution is 2.18. The molecule has 3 nitrogen and oxygen atoms in total. The first kappa shape index (κ1) is 15.5. The van der Waals surface area contributed by atoms with Crippen LogP contribution in [0.1, 0.15) is 65.7 Å². The molecule has 0 radical (unpaired) electrons. The second kappa shape index (κ2) is 8.52. The smallest absolute Gasteiger partial charge is 0.237 e. The molecule has 1 atom stereocenters. The first-order valence-electron chi connectivity index (χ1n) is 7.63. The van der Waals surface area contributed by atoms with Gasteiger partial charge in [-0.2, -0.15) is 0 Å². The van der Waals surface area contributed by atoms with Crippen molar-refractivity contribution in [3.8, 4) is 0 Å². The van der Waals surface area contributed by atoms with Crippen molar-refractivity contribution in [3.63, 3.8) is 0 Å². The van der Waals surface area contributed by atoms with Crippen molar-refractivity contribution in [1.82, 2.24) is 10.6 Å². The molecule has 3 heteroatoms. The van der Waals surface area contributed by atoms with Gasteiger partial charge in [-0.3, -0.25) is 4.79 Å². The van der Waals surface area contributed by atoms with Crippen LogP contribution in [0.3, 0.4) is 0 Å². The van der Waals surface area contributed by atoms with Crippen molar-refractivity contribution in [1.29, 1.82) is 0 Å². The lowest BCUT2D eigenvalue weighted by Crippen LogP contribution is -2.43. The van der Waals surface area contributed by atoms with E-state index >= 15 is 0 Å². The third-order valence-electron chi connectivity index (χ3n) is 3.48. The molecule has 0 spiro atoms. The molecule has 0 aromatic carbocycles. The summed E-state index contributed by atoms with van der Waals surface area (Å²) in [6.45, 7) is 7.47. The Morgan fingerprint density at radius 2 is 1.78 bits per heavy atom. The Labute approximate surface area is 112 Å². The summed E-state index contributed by atoms with van der Waals surface area (Å²) < 4.78 is 0. The quantitative estimate of drug-likeness (QED) is 0.589. The van der Waals surface area contributed by atoms with Gasteiger partial charge in [0, 0.05) is 6.04 Å². The predicted molar refractivity (Wildman–Crippen MR) is 76.6 cm³/mol. The van der Waals surface area contributed by atoms with E-state index in [2.05, 4.69) is 24.5 Å². The zero-order chi connectivity index (χ0) is 13.4. The van der Waals surface area contributed by atoms with Gasteiger partial charge in [0.25, 0.3) is 0 Å². The van der Waals surface area contributed by atoms with Crippen molar-refractivity contribution in [3.05, 3.63) is 0 Å². The standard InChI is InChI=1S/C15H30N2O/c1-12(2)8-6-4-5-7-11-16-13(3)15(18)17-14-9-10-14/h12-14,16H,4-11H2,1-3H3,(H,17,18). The molecule has 1 aliphatic carbocycles. The Bertz CT molecular complexity index is 237. The van der Waals surface area contributed by atoms with Gasteiger partial charge in [-0.05, 0) is 38.6 Å². The van der Waals surface area contributed by atoms with Crippen LogP contribution >= 0.6 is 0 Å². The number of carbonyl (C=O) groups is 1. The van der Waals surface area contributed by atoms with Crippen LogP contribution in [-0.4, -0.2) is 24.5 Å². The molecule has 0 aromatic heterocycles. The van der Waals surface area contributed by atoms with Crippen molar-refractivity contribution in [2.75, 3.05) is 6.54 Å². The largest absolute Gasteiger partial charge is 0.352 e. The summed E-state index contributed by atoms with van der Waals surface area (Å²) in [5, 5.41) is 6.33. The Morgan fingerprint density at radius 3 is 2.39 bits per heavy atom. The van der Waals surface area contributed by atoms with E-state index in [4.69, 9.17) is 0 Å². The molecule has 1 saturated carbocycles. The van der Waals surface area contributed by atoms with Gasteiger partial charge in [-0.15, -0.1) is 0 Å². The van der Waals surface area contributed by atoms with E-state index in [1.54, 1.807) is 0 Å². The van der Waals surface area contributed by atoms with Crippen LogP contribution < -0.4 is 10.6 Å². The van der Waals surface area contributed by atoms with Crippen LogP contribution in [0, 0.1) is 5.92 Å². The summed E-state index contributed by atoms with van der Waals surface area (Å²) in [7, 11) is 0. The highest BCUT2D eigenvalue weighted by Gasteiger charge is 2.25. The Balaban J connectivity index is 1.88. The molecule has 0 aliphatic heterocycles. The second-order valence-corrected chi connectivity index (χ2v) is 6.06. The monoisotopic (exact) mass is 254 g/mol. The second-order valence-electron chi connectivity index (χ2n) is 6.06. The summed E-state index contributed by atoms with van der Waals surface area (Å²) in [6, 6.07) is 0.430. The maximum absolute atomic E-state index is 11.7. The van der Waals surface area contributed by atoms with Gasteiger partial charge in [0.1, 0.15) is 0 Å². The van der Waals surface area contributed by atoms with E-state index in [1.807, 2.05) is 6.92 Å². The van der Waals surface area contributed by atoms with Gasteiger partial charge in [0.15, 0.2) is 0 Å². The lowest BCUT2D eigenvalue weighted by atomic mass is 10.0. The fourth-order valence-corrected chi connectivity index (χ4v) is 2.00. The van der Waals surface area contributed by atoms with Crippen molar-refractivity contribution in [2.45, 2.75) is 77.8 Å². The molecule has 0 bridgehead atoms. The number of rotatable bonds is 10. The molecule has 106 valence electrons. The molecular formula is C15H30N2O. The van der Waals surface area contributed by atoms with Gasteiger partial charge >= 0.3 is 0 Å². The van der Waals surface area contributed by atoms with Gasteiger partial charge in [-0.1, -0.05) is 39.5 Å². The minimum atomic E-state index is -0.0405. The van der Waals surface area contributed by atoms with Crippen LogP contribution in [0.4, 0.5) is 0 Å². The molecule has 0 heterocycles. The molecule has 1 amide bonds. The maximum atomic E-state index is 11.7. The number of amides is 1. The molecule has 0 saturated heterocycles. The van der Waals surface area contributed by atoms with E-state index in [0.29, 0.717) is 6.04 Å². The first-order chi connectivity index (χ1) is 8.59. The third kappa shape index (κ3) is 7.70. The van der Waals surface area contributed by atoms with Gasteiger partial charge in [-0.25, -0.2) is 0 Å². The van der Waals surface area contributed by atoms with Crippen LogP contribution in [-0.2, 0) is 4.79 Å². The first-order valence-corrected chi connectivity index (χ1v) is 7.63. The van der Waals surface area contributed by atoms with Gasteiger partial charge < -0.3 is 10.6 Å². The molecule has 1 unspecified atom stereocenters. The van der Waals surface area contributed by atoms with E-state index in [1.165, 1.54) is 32.1 Å². The number of hydrogen-bond donors (Lipinski definition) is 2. The molecule has 18 heavy (non-hydrogen) atoms. The van der Waals surface area contributed by atoms with Crippen molar-refractivity contribution in [2.24, 2.45) is 5.92 Å². The minimum absolute atomic E-state index is 0.0405. The topological polar surface area (TPSA) is 41.1 Å². The van der Waals surface area contributed by atoms with Crippen LogP contribution in [0.25, 0.3) is 0 Å². The third-order valence-corrected chi connectivity index (χ3v) is 3.48. The van der Waals surface area contributed by atoms with E-state index < -0.39 is 0 Å².